The maximum Gasteiger partial charge on any atom is 0.223 e. The Bertz CT molecular complexity index is 498. The van der Waals surface area contributed by atoms with Gasteiger partial charge in [-0.1, -0.05) is 30.3 Å². The molecule has 2 rings (SSSR count). The van der Waals surface area contributed by atoms with E-state index in [-0.39, 0.29) is 11.3 Å². The average Bonchev–Trinajstić information content (AvgIpc) is 2.42. The monoisotopic (exact) mass is 271 g/mol. The average molecular weight is 271 g/mol. The van der Waals surface area contributed by atoms with Crippen LogP contribution in [0.2, 0.25) is 0 Å². The number of carbonyl (C=O) groups excluding carboxylic acids is 1. The number of benzene rings is 1. The summed E-state index contributed by atoms with van der Waals surface area (Å²) in [5.41, 5.74) is 0.759. The molecule has 0 aromatic heterocycles. The summed E-state index contributed by atoms with van der Waals surface area (Å²) in [6.45, 7) is 0.679. The van der Waals surface area contributed by atoms with Crippen molar-refractivity contribution in [3.8, 4) is 6.07 Å². The van der Waals surface area contributed by atoms with E-state index < -0.39 is 0 Å². The molecule has 0 spiro atoms. The molecule has 106 valence electrons. The van der Waals surface area contributed by atoms with Crippen molar-refractivity contribution in [2.24, 2.45) is 0 Å². The van der Waals surface area contributed by atoms with E-state index in [4.69, 9.17) is 0 Å². The van der Waals surface area contributed by atoms with Crippen LogP contribution in [0.15, 0.2) is 30.3 Å². The number of carbonyl (C=O) groups is 1. The Morgan fingerprint density at radius 1 is 1.40 bits per heavy atom. The summed E-state index contributed by atoms with van der Waals surface area (Å²) in [5, 5.41) is 12.8. The number of amides is 1. The fraction of sp³-hybridized carbons (Fsp3) is 0.500. The molecule has 0 bridgehead atoms. The van der Waals surface area contributed by atoms with Gasteiger partial charge < -0.3 is 10.2 Å². The first-order valence-corrected chi connectivity index (χ1v) is 6.98. The van der Waals surface area contributed by atoms with Gasteiger partial charge in [-0.3, -0.25) is 4.79 Å². The number of nitrogens with zero attached hydrogens (tertiary/aromatic N) is 2. The quantitative estimate of drug-likeness (QED) is 0.886. The minimum atomic E-state index is -0.343. The number of nitriles is 1. The lowest BCUT2D eigenvalue weighted by molar-refractivity contribution is -0.128. The predicted octanol–water partition coefficient (Wildman–Crippen LogP) is 1.68. The molecule has 0 radical (unpaired) electrons. The molecule has 1 aliphatic rings. The van der Waals surface area contributed by atoms with Crippen molar-refractivity contribution >= 4 is 5.91 Å². The molecule has 0 atom stereocenters. The Labute approximate surface area is 120 Å². The van der Waals surface area contributed by atoms with Crippen LogP contribution in [-0.4, -0.2) is 37.5 Å². The zero-order valence-electron chi connectivity index (χ0n) is 12.1. The summed E-state index contributed by atoms with van der Waals surface area (Å²) in [6, 6.07) is 12.8. The van der Waals surface area contributed by atoms with Crippen molar-refractivity contribution in [3.63, 3.8) is 0 Å². The Hall–Kier alpha value is -1.86. The number of nitrogens with one attached hydrogen (secondary N) is 1. The molecule has 0 aliphatic heterocycles. The van der Waals surface area contributed by atoms with Crippen LogP contribution >= 0.6 is 0 Å². The van der Waals surface area contributed by atoms with Gasteiger partial charge in [0.15, 0.2) is 0 Å². The molecular weight excluding hydrogens is 250 g/mol. The van der Waals surface area contributed by atoms with Crippen LogP contribution in [0.25, 0.3) is 0 Å². The van der Waals surface area contributed by atoms with Crippen molar-refractivity contribution in [2.45, 2.75) is 30.7 Å². The van der Waals surface area contributed by atoms with E-state index >= 15 is 0 Å². The fourth-order valence-electron chi connectivity index (χ4n) is 2.68. The number of rotatable bonds is 5. The summed E-state index contributed by atoms with van der Waals surface area (Å²) in [5.74, 6) is 0.131. The van der Waals surface area contributed by atoms with Gasteiger partial charge in [-0.2, -0.15) is 5.26 Å². The molecule has 0 saturated heterocycles. The van der Waals surface area contributed by atoms with Crippen LogP contribution in [0.5, 0.6) is 0 Å². The molecule has 1 fully saturated rings. The summed E-state index contributed by atoms with van der Waals surface area (Å²) in [6.07, 6.45) is 2.15. The number of hydrogen-bond acceptors (Lipinski definition) is 3. The topological polar surface area (TPSA) is 56.1 Å². The van der Waals surface area contributed by atoms with Crippen LogP contribution in [0.3, 0.4) is 0 Å². The molecular formula is C16H21N3O. The van der Waals surface area contributed by atoms with Gasteiger partial charge in [0.25, 0.3) is 0 Å². The molecule has 1 aliphatic carbocycles. The highest BCUT2D eigenvalue weighted by atomic mass is 16.2. The highest BCUT2D eigenvalue weighted by molar-refractivity contribution is 5.75. The van der Waals surface area contributed by atoms with E-state index in [2.05, 4.69) is 11.4 Å². The molecule has 4 heteroatoms. The Balaban J connectivity index is 1.81. The van der Waals surface area contributed by atoms with E-state index in [0.717, 1.165) is 18.4 Å². The minimum Gasteiger partial charge on any atom is -0.349 e. The smallest absolute Gasteiger partial charge is 0.223 e. The molecule has 1 amide bonds. The van der Waals surface area contributed by atoms with E-state index in [0.29, 0.717) is 19.0 Å². The maximum absolute atomic E-state index is 11.5. The second-order valence-corrected chi connectivity index (χ2v) is 5.66. The predicted molar refractivity (Wildman–Crippen MR) is 78.1 cm³/mol. The Morgan fingerprint density at radius 3 is 2.60 bits per heavy atom. The van der Waals surface area contributed by atoms with Crippen molar-refractivity contribution in [2.75, 3.05) is 20.6 Å². The van der Waals surface area contributed by atoms with E-state index in [1.54, 1.807) is 19.0 Å². The van der Waals surface area contributed by atoms with Crippen molar-refractivity contribution in [1.82, 2.24) is 10.2 Å². The van der Waals surface area contributed by atoms with Crippen LogP contribution in [0.4, 0.5) is 0 Å². The lowest BCUT2D eigenvalue weighted by Gasteiger charge is -2.43. The molecule has 1 aromatic carbocycles. The van der Waals surface area contributed by atoms with Gasteiger partial charge >= 0.3 is 0 Å². The van der Waals surface area contributed by atoms with Crippen molar-refractivity contribution in [1.29, 1.82) is 5.26 Å². The molecule has 0 heterocycles. The van der Waals surface area contributed by atoms with Crippen LogP contribution < -0.4 is 5.32 Å². The second-order valence-electron chi connectivity index (χ2n) is 5.66. The highest BCUT2D eigenvalue weighted by Gasteiger charge is 2.45. The first kappa shape index (κ1) is 14.5. The zero-order valence-corrected chi connectivity index (χ0v) is 12.1. The normalized spacial score (nSPS) is 24.6. The summed E-state index contributed by atoms with van der Waals surface area (Å²) in [4.78, 5) is 13.1. The van der Waals surface area contributed by atoms with E-state index in [1.165, 1.54) is 0 Å². The third-order valence-electron chi connectivity index (χ3n) is 4.00. The van der Waals surface area contributed by atoms with Gasteiger partial charge in [-0.15, -0.1) is 0 Å². The van der Waals surface area contributed by atoms with Crippen LogP contribution in [0, 0.1) is 11.3 Å². The van der Waals surface area contributed by atoms with Gasteiger partial charge in [0.1, 0.15) is 0 Å². The lowest BCUT2D eigenvalue weighted by Crippen LogP contribution is -2.51. The van der Waals surface area contributed by atoms with Gasteiger partial charge in [-0.25, -0.2) is 0 Å². The summed E-state index contributed by atoms with van der Waals surface area (Å²) >= 11 is 0. The van der Waals surface area contributed by atoms with Gasteiger partial charge in [0, 0.05) is 33.1 Å². The van der Waals surface area contributed by atoms with Gasteiger partial charge in [0.05, 0.1) is 11.5 Å². The second kappa shape index (κ2) is 6.06. The Morgan fingerprint density at radius 2 is 2.05 bits per heavy atom. The van der Waals surface area contributed by atoms with Gasteiger partial charge in [-0.05, 0) is 18.4 Å². The lowest BCUT2D eigenvalue weighted by atomic mass is 9.62. The third kappa shape index (κ3) is 3.00. The van der Waals surface area contributed by atoms with E-state index in [1.807, 2.05) is 30.3 Å². The maximum atomic E-state index is 11.5. The largest absolute Gasteiger partial charge is 0.349 e. The standard InChI is InChI=1S/C16H21N3O/c1-19(2)15(20)8-9-18-14-10-16(11-14,12-17)13-6-4-3-5-7-13/h3-7,14,18H,8-11H2,1-2H3. The zero-order chi connectivity index (χ0) is 14.6. The molecule has 4 nitrogen and oxygen atoms in total. The summed E-state index contributed by atoms with van der Waals surface area (Å²) < 4.78 is 0. The molecule has 1 N–H and O–H groups in total. The SMILES string of the molecule is CN(C)C(=O)CCNC1CC(C#N)(c2ccccc2)C1. The van der Waals surface area contributed by atoms with Crippen LogP contribution in [-0.2, 0) is 10.2 Å². The van der Waals surface area contributed by atoms with Gasteiger partial charge in [0.2, 0.25) is 5.91 Å². The van der Waals surface area contributed by atoms with Crippen LogP contribution in [0.1, 0.15) is 24.8 Å². The molecule has 1 saturated carbocycles. The minimum absolute atomic E-state index is 0.131. The first-order valence-electron chi connectivity index (χ1n) is 6.98. The first-order chi connectivity index (χ1) is 9.57. The van der Waals surface area contributed by atoms with Crippen molar-refractivity contribution < 1.29 is 4.79 Å². The van der Waals surface area contributed by atoms with E-state index in [9.17, 15) is 10.1 Å². The summed E-state index contributed by atoms with van der Waals surface area (Å²) in [7, 11) is 3.53. The number of hydrogen-bond donors (Lipinski definition) is 1. The van der Waals surface area contributed by atoms with Crippen molar-refractivity contribution in [3.05, 3.63) is 35.9 Å². The molecule has 0 unspecified atom stereocenters. The Kier molecular flexibility index (Phi) is 4.41. The fourth-order valence-corrected chi connectivity index (χ4v) is 2.68. The highest BCUT2D eigenvalue weighted by Crippen LogP contribution is 2.43. The molecule has 20 heavy (non-hydrogen) atoms. The third-order valence-corrected chi connectivity index (χ3v) is 4.00. The molecule has 1 aromatic rings.